The van der Waals surface area contributed by atoms with Crippen LogP contribution in [0.1, 0.15) is 85.0 Å². The van der Waals surface area contributed by atoms with E-state index in [9.17, 15) is 0 Å². The molecule has 0 rings (SSSR count). The highest BCUT2D eigenvalue weighted by Gasteiger charge is 2.02. The van der Waals surface area contributed by atoms with Gasteiger partial charge in [-0.05, 0) is 19.8 Å². The summed E-state index contributed by atoms with van der Waals surface area (Å²) < 4.78 is 0. The quantitative estimate of drug-likeness (QED) is 0.250. The minimum absolute atomic E-state index is 0.252. The Bertz CT molecular complexity index is 137. The maximum atomic E-state index is 5.32. The molecule has 1 unspecified atom stereocenters. The topological polar surface area (TPSA) is 18.5 Å². The van der Waals surface area contributed by atoms with E-state index < -0.39 is 0 Å². The fourth-order valence-corrected chi connectivity index (χ4v) is 1.84. The molecule has 0 spiro atoms. The molecule has 0 amide bonds. The standard InChI is InChI=1S/C15H32O2/c1-4-6-8-9-10-12-14-16-17-15(3)13-11-7-5-2/h15H,4-14H2,1-3H3. The van der Waals surface area contributed by atoms with Crippen molar-refractivity contribution in [2.45, 2.75) is 91.1 Å². The van der Waals surface area contributed by atoms with Crippen molar-refractivity contribution >= 4 is 0 Å². The van der Waals surface area contributed by atoms with Gasteiger partial charge in [0.15, 0.2) is 0 Å². The Kier molecular flexibility index (Phi) is 13.9. The van der Waals surface area contributed by atoms with Crippen LogP contribution in [-0.4, -0.2) is 12.7 Å². The zero-order valence-corrected chi connectivity index (χ0v) is 12.2. The van der Waals surface area contributed by atoms with Gasteiger partial charge in [-0.1, -0.05) is 65.2 Å². The van der Waals surface area contributed by atoms with Crippen molar-refractivity contribution in [2.24, 2.45) is 0 Å². The molecule has 0 aliphatic heterocycles. The summed E-state index contributed by atoms with van der Waals surface area (Å²) in [6.07, 6.45) is 13.0. The average Bonchev–Trinajstić information content (AvgIpc) is 2.33. The maximum Gasteiger partial charge on any atom is 0.0901 e. The molecule has 0 aliphatic rings. The van der Waals surface area contributed by atoms with E-state index in [0.29, 0.717) is 0 Å². The Balaban J connectivity index is 3.05. The van der Waals surface area contributed by atoms with E-state index in [2.05, 4.69) is 20.8 Å². The van der Waals surface area contributed by atoms with Crippen LogP contribution in [0.25, 0.3) is 0 Å². The monoisotopic (exact) mass is 244 g/mol. The van der Waals surface area contributed by atoms with Crippen molar-refractivity contribution in [3.05, 3.63) is 0 Å². The summed E-state index contributed by atoms with van der Waals surface area (Å²) in [4.78, 5) is 10.5. The highest BCUT2D eigenvalue weighted by molar-refractivity contribution is 4.48. The highest BCUT2D eigenvalue weighted by Crippen LogP contribution is 2.08. The van der Waals surface area contributed by atoms with Crippen LogP contribution in [0.3, 0.4) is 0 Å². The van der Waals surface area contributed by atoms with E-state index in [-0.39, 0.29) is 6.10 Å². The molecule has 0 saturated heterocycles. The van der Waals surface area contributed by atoms with Gasteiger partial charge in [-0.25, -0.2) is 9.78 Å². The van der Waals surface area contributed by atoms with Crippen LogP contribution >= 0.6 is 0 Å². The lowest BCUT2D eigenvalue weighted by molar-refractivity contribution is -0.322. The first-order valence-electron chi connectivity index (χ1n) is 7.59. The lowest BCUT2D eigenvalue weighted by atomic mass is 10.1. The maximum absolute atomic E-state index is 5.32. The Labute approximate surface area is 108 Å². The third-order valence-electron chi connectivity index (χ3n) is 3.03. The van der Waals surface area contributed by atoms with Gasteiger partial charge in [-0.2, -0.15) is 0 Å². The summed E-state index contributed by atoms with van der Waals surface area (Å²) in [5, 5.41) is 0. The fourth-order valence-electron chi connectivity index (χ4n) is 1.84. The van der Waals surface area contributed by atoms with E-state index in [1.54, 1.807) is 0 Å². The average molecular weight is 244 g/mol. The van der Waals surface area contributed by atoms with Gasteiger partial charge >= 0.3 is 0 Å². The van der Waals surface area contributed by atoms with Gasteiger partial charge in [0.2, 0.25) is 0 Å². The molecule has 0 saturated carbocycles. The summed E-state index contributed by atoms with van der Waals surface area (Å²) in [6.45, 7) is 7.32. The summed E-state index contributed by atoms with van der Waals surface area (Å²) in [5.74, 6) is 0. The van der Waals surface area contributed by atoms with Gasteiger partial charge in [-0.3, -0.25) is 0 Å². The third-order valence-corrected chi connectivity index (χ3v) is 3.03. The van der Waals surface area contributed by atoms with Crippen LogP contribution in [-0.2, 0) is 9.78 Å². The van der Waals surface area contributed by atoms with Gasteiger partial charge in [-0.15, -0.1) is 0 Å². The van der Waals surface area contributed by atoms with Crippen LogP contribution in [0.2, 0.25) is 0 Å². The van der Waals surface area contributed by atoms with Crippen LogP contribution in [0.5, 0.6) is 0 Å². The lowest BCUT2D eigenvalue weighted by Crippen LogP contribution is -2.09. The van der Waals surface area contributed by atoms with Crippen molar-refractivity contribution in [2.75, 3.05) is 6.61 Å². The van der Waals surface area contributed by atoms with Crippen molar-refractivity contribution < 1.29 is 9.78 Å². The molecule has 0 bridgehead atoms. The fraction of sp³-hybridized carbons (Fsp3) is 1.00. The van der Waals surface area contributed by atoms with Crippen molar-refractivity contribution in [1.29, 1.82) is 0 Å². The first-order chi connectivity index (χ1) is 8.31. The lowest BCUT2D eigenvalue weighted by Gasteiger charge is -2.11. The molecule has 0 radical (unpaired) electrons. The predicted molar refractivity (Wildman–Crippen MR) is 74.0 cm³/mol. The zero-order chi connectivity index (χ0) is 12.8. The minimum atomic E-state index is 0.252. The van der Waals surface area contributed by atoms with E-state index >= 15 is 0 Å². The Morgan fingerprint density at radius 3 is 2.06 bits per heavy atom. The molecule has 0 aromatic rings. The normalized spacial score (nSPS) is 12.9. The molecular formula is C15H32O2. The molecule has 0 heterocycles. The van der Waals surface area contributed by atoms with Gasteiger partial charge in [0.05, 0.1) is 12.7 Å². The van der Waals surface area contributed by atoms with Crippen LogP contribution in [0, 0.1) is 0 Å². The largest absolute Gasteiger partial charge is 0.236 e. The molecule has 0 aromatic heterocycles. The highest BCUT2D eigenvalue weighted by atomic mass is 17.2. The first kappa shape index (κ1) is 16.9. The van der Waals surface area contributed by atoms with Crippen molar-refractivity contribution in [1.82, 2.24) is 0 Å². The Hall–Kier alpha value is -0.0800. The van der Waals surface area contributed by atoms with Crippen molar-refractivity contribution in [3.63, 3.8) is 0 Å². The van der Waals surface area contributed by atoms with Crippen LogP contribution in [0.4, 0.5) is 0 Å². The van der Waals surface area contributed by atoms with Gasteiger partial charge < -0.3 is 0 Å². The molecule has 0 fully saturated rings. The number of unbranched alkanes of at least 4 members (excludes halogenated alkanes) is 7. The summed E-state index contributed by atoms with van der Waals surface area (Å²) in [6, 6.07) is 0. The van der Waals surface area contributed by atoms with Crippen LogP contribution < -0.4 is 0 Å². The Morgan fingerprint density at radius 2 is 1.35 bits per heavy atom. The van der Waals surface area contributed by atoms with Gasteiger partial charge in [0, 0.05) is 0 Å². The van der Waals surface area contributed by atoms with Gasteiger partial charge in [0.25, 0.3) is 0 Å². The zero-order valence-electron chi connectivity index (χ0n) is 12.2. The molecule has 0 aliphatic carbocycles. The molecule has 0 N–H and O–H groups in total. The predicted octanol–water partition coefficient (Wildman–Crippen LogP) is 5.26. The smallest absolute Gasteiger partial charge is 0.0901 e. The van der Waals surface area contributed by atoms with E-state index in [1.807, 2.05) is 0 Å². The second-order valence-corrected chi connectivity index (χ2v) is 4.99. The van der Waals surface area contributed by atoms with E-state index in [0.717, 1.165) is 19.4 Å². The minimum Gasteiger partial charge on any atom is -0.236 e. The first-order valence-corrected chi connectivity index (χ1v) is 7.59. The Morgan fingerprint density at radius 1 is 0.765 bits per heavy atom. The van der Waals surface area contributed by atoms with E-state index in [1.165, 1.54) is 51.4 Å². The van der Waals surface area contributed by atoms with Crippen molar-refractivity contribution in [3.8, 4) is 0 Å². The second-order valence-electron chi connectivity index (χ2n) is 4.99. The number of hydrogen-bond donors (Lipinski definition) is 0. The summed E-state index contributed by atoms with van der Waals surface area (Å²) in [5.41, 5.74) is 0. The molecule has 1 atom stereocenters. The molecule has 2 nitrogen and oxygen atoms in total. The third kappa shape index (κ3) is 13.9. The summed E-state index contributed by atoms with van der Waals surface area (Å²) in [7, 11) is 0. The number of rotatable bonds is 13. The molecule has 104 valence electrons. The van der Waals surface area contributed by atoms with Gasteiger partial charge in [0.1, 0.15) is 0 Å². The summed E-state index contributed by atoms with van der Waals surface area (Å²) >= 11 is 0. The molecule has 0 aromatic carbocycles. The van der Waals surface area contributed by atoms with E-state index in [4.69, 9.17) is 9.78 Å². The second kappa shape index (κ2) is 14.0. The van der Waals surface area contributed by atoms with Crippen LogP contribution in [0.15, 0.2) is 0 Å². The molecular weight excluding hydrogens is 212 g/mol. The number of hydrogen-bond acceptors (Lipinski definition) is 2. The SMILES string of the molecule is CCCCCCCCOOC(C)CCCCC. The molecule has 17 heavy (non-hydrogen) atoms. The molecule has 2 heteroatoms.